The van der Waals surface area contributed by atoms with Gasteiger partial charge in [-0.2, -0.15) is 0 Å². The number of nitrogens with zero attached hydrogens (tertiary/aromatic N) is 3. The molecule has 1 aromatic carbocycles. The van der Waals surface area contributed by atoms with Gasteiger partial charge in [0.1, 0.15) is 5.82 Å². The maximum absolute atomic E-state index is 12.4. The third-order valence-corrected chi connectivity index (χ3v) is 5.54. The van der Waals surface area contributed by atoms with Crippen LogP contribution in [-0.4, -0.2) is 38.9 Å². The Bertz CT molecular complexity index is 792. The second-order valence-corrected chi connectivity index (χ2v) is 8.42. The van der Waals surface area contributed by atoms with E-state index < -0.39 is 0 Å². The molecule has 0 aliphatic rings. The Hall–Kier alpha value is -2.35. The van der Waals surface area contributed by atoms with E-state index in [0.717, 1.165) is 18.8 Å². The second-order valence-electron chi connectivity index (χ2n) is 7.48. The summed E-state index contributed by atoms with van der Waals surface area (Å²) in [4.78, 5) is 23.5. The van der Waals surface area contributed by atoms with E-state index in [2.05, 4.69) is 48.4 Å². The molecule has 0 fully saturated rings. The van der Waals surface area contributed by atoms with Gasteiger partial charge >= 0.3 is 0 Å². The van der Waals surface area contributed by atoms with Crippen molar-refractivity contribution < 1.29 is 9.59 Å². The summed E-state index contributed by atoms with van der Waals surface area (Å²) in [6.45, 7) is 7.68. The molecule has 0 bridgehead atoms. The van der Waals surface area contributed by atoms with Crippen LogP contribution in [0.25, 0.3) is 0 Å². The van der Waals surface area contributed by atoms with Gasteiger partial charge in [0.15, 0.2) is 5.16 Å². The molecule has 0 radical (unpaired) electrons. The molecule has 158 valence electrons. The highest BCUT2D eigenvalue weighted by Crippen LogP contribution is 2.20. The first kappa shape index (κ1) is 22.9. The minimum atomic E-state index is -0.360. The lowest BCUT2D eigenvalue weighted by Gasteiger charge is -2.16. The average Bonchev–Trinajstić information content (AvgIpc) is 3.07. The number of benzene rings is 1. The number of thioether (sulfide) groups is 1. The Labute approximate surface area is 176 Å². The normalized spacial score (nSPS) is 12.1. The number of primary amides is 1. The molecule has 1 atom stereocenters. The standard InChI is InChI=1S/C21H31N5O2S/c1-4-16(17-8-6-5-7-9-17)12-23-20(28)14-29-21-25-24-19(11-10-18(22)27)26(21)13-15(2)3/h5-9,15-16H,4,10-14H2,1-3H3,(H2,22,27)(H,23,28). The summed E-state index contributed by atoms with van der Waals surface area (Å²) in [5, 5.41) is 12.1. The number of carbonyl (C=O) groups is 2. The van der Waals surface area contributed by atoms with E-state index in [9.17, 15) is 9.59 Å². The number of aromatic nitrogens is 3. The fourth-order valence-corrected chi connectivity index (χ4v) is 3.83. The van der Waals surface area contributed by atoms with Crippen LogP contribution < -0.4 is 11.1 Å². The van der Waals surface area contributed by atoms with E-state index in [-0.39, 0.29) is 24.0 Å². The van der Waals surface area contributed by atoms with Crippen LogP contribution in [0.5, 0.6) is 0 Å². The van der Waals surface area contributed by atoms with Crippen molar-refractivity contribution in [1.29, 1.82) is 0 Å². The SMILES string of the molecule is CCC(CNC(=O)CSc1nnc(CCC(N)=O)n1CC(C)C)c1ccccc1. The number of amides is 2. The molecule has 0 aliphatic heterocycles. The summed E-state index contributed by atoms with van der Waals surface area (Å²) >= 11 is 1.37. The Balaban J connectivity index is 1.92. The van der Waals surface area contributed by atoms with Crippen molar-refractivity contribution in [3.63, 3.8) is 0 Å². The molecule has 2 aromatic rings. The lowest BCUT2D eigenvalue weighted by molar-refractivity contribution is -0.119. The molecular formula is C21H31N5O2S. The number of rotatable bonds is 12. The molecular weight excluding hydrogens is 386 g/mol. The van der Waals surface area contributed by atoms with Crippen molar-refractivity contribution in [3.05, 3.63) is 41.7 Å². The van der Waals surface area contributed by atoms with Crippen molar-refractivity contribution in [2.75, 3.05) is 12.3 Å². The third kappa shape index (κ3) is 7.53. The minimum absolute atomic E-state index is 0.0258. The molecule has 0 spiro atoms. The molecule has 7 nitrogen and oxygen atoms in total. The van der Waals surface area contributed by atoms with E-state index in [0.29, 0.717) is 30.0 Å². The summed E-state index contributed by atoms with van der Waals surface area (Å²) in [6, 6.07) is 10.2. The van der Waals surface area contributed by atoms with Crippen LogP contribution >= 0.6 is 11.8 Å². The van der Waals surface area contributed by atoms with Crippen molar-refractivity contribution in [3.8, 4) is 0 Å². The quantitative estimate of drug-likeness (QED) is 0.517. The van der Waals surface area contributed by atoms with Gasteiger partial charge in [-0.3, -0.25) is 9.59 Å². The monoisotopic (exact) mass is 417 g/mol. The number of hydrogen-bond donors (Lipinski definition) is 2. The van der Waals surface area contributed by atoms with Crippen LogP contribution in [0, 0.1) is 5.92 Å². The number of aryl methyl sites for hydroxylation is 1. The van der Waals surface area contributed by atoms with E-state index >= 15 is 0 Å². The average molecular weight is 418 g/mol. The Morgan fingerprint density at radius 1 is 1.21 bits per heavy atom. The van der Waals surface area contributed by atoms with E-state index in [1.807, 2.05) is 22.8 Å². The molecule has 3 N–H and O–H groups in total. The molecule has 2 amide bonds. The zero-order valence-corrected chi connectivity index (χ0v) is 18.2. The van der Waals surface area contributed by atoms with Gasteiger partial charge in [0, 0.05) is 31.8 Å². The highest BCUT2D eigenvalue weighted by molar-refractivity contribution is 7.99. The van der Waals surface area contributed by atoms with Crippen molar-refractivity contribution in [1.82, 2.24) is 20.1 Å². The van der Waals surface area contributed by atoms with Gasteiger partial charge in [-0.15, -0.1) is 10.2 Å². The zero-order valence-electron chi connectivity index (χ0n) is 17.4. The molecule has 8 heteroatoms. The zero-order chi connectivity index (χ0) is 21.2. The summed E-state index contributed by atoms with van der Waals surface area (Å²) in [5.41, 5.74) is 6.49. The van der Waals surface area contributed by atoms with Crippen molar-refractivity contribution in [2.24, 2.45) is 11.7 Å². The maximum Gasteiger partial charge on any atom is 0.230 e. The predicted octanol–water partition coefficient (Wildman–Crippen LogP) is 2.75. The lowest BCUT2D eigenvalue weighted by atomic mass is 9.96. The Morgan fingerprint density at radius 2 is 1.93 bits per heavy atom. The lowest BCUT2D eigenvalue weighted by Crippen LogP contribution is -2.29. The Morgan fingerprint density at radius 3 is 2.55 bits per heavy atom. The van der Waals surface area contributed by atoms with Crippen LogP contribution in [-0.2, 0) is 22.6 Å². The van der Waals surface area contributed by atoms with Crippen molar-refractivity contribution >= 4 is 23.6 Å². The van der Waals surface area contributed by atoms with E-state index in [4.69, 9.17) is 5.73 Å². The topological polar surface area (TPSA) is 103 Å². The molecule has 0 saturated carbocycles. The van der Waals surface area contributed by atoms with Gasteiger partial charge in [0.05, 0.1) is 5.75 Å². The fourth-order valence-electron chi connectivity index (χ4n) is 3.04. The first-order valence-corrected chi connectivity index (χ1v) is 11.0. The molecule has 29 heavy (non-hydrogen) atoms. The van der Waals surface area contributed by atoms with Gasteiger partial charge < -0.3 is 15.6 Å². The van der Waals surface area contributed by atoms with E-state index in [1.54, 1.807) is 0 Å². The highest BCUT2D eigenvalue weighted by Gasteiger charge is 2.16. The first-order valence-electron chi connectivity index (χ1n) is 10.1. The smallest absolute Gasteiger partial charge is 0.230 e. The molecule has 0 aliphatic carbocycles. The predicted molar refractivity (Wildman–Crippen MR) is 116 cm³/mol. The number of nitrogens with one attached hydrogen (secondary N) is 1. The Kier molecular flexibility index (Phi) is 9.18. The van der Waals surface area contributed by atoms with Crippen LogP contribution in [0.4, 0.5) is 0 Å². The largest absolute Gasteiger partial charge is 0.370 e. The molecule has 1 heterocycles. The van der Waals surface area contributed by atoms with Gasteiger partial charge in [0.2, 0.25) is 11.8 Å². The van der Waals surface area contributed by atoms with Crippen molar-refractivity contribution in [2.45, 2.75) is 57.7 Å². The summed E-state index contributed by atoms with van der Waals surface area (Å²) in [5.74, 6) is 1.31. The number of carbonyl (C=O) groups excluding carboxylic acids is 2. The van der Waals surface area contributed by atoms with Gasteiger partial charge in [0.25, 0.3) is 0 Å². The van der Waals surface area contributed by atoms with Gasteiger partial charge in [-0.25, -0.2) is 0 Å². The second kappa shape index (κ2) is 11.6. The van der Waals surface area contributed by atoms with Gasteiger partial charge in [-0.1, -0.05) is 62.9 Å². The first-order chi connectivity index (χ1) is 13.9. The third-order valence-electron chi connectivity index (χ3n) is 4.58. The summed E-state index contributed by atoms with van der Waals surface area (Å²) in [6.07, 6.45) is 1.65. The number of hydrogen-bond acceptors (Lipinski definition) is 5. The number of nitrogens with two attached hydrogens (primary N) is 1. The molecule has 0 saturated heterocycles. The van der Waals surface area contributed by atoms with Crippen LogP contribution in [0.3, 0.4) is 0 Å². The summed E-state index contributed by atoms with van der Waals surface area (Å²) < 4.78 is 1.99. The highest BCUT2D eigenvalue weighted by atomic mass is 32.2. The minimum Gasteiger partial charge on any atom is -0.370 e. The molecule has 1 unspecified atom stereocenters. The fraction of sp³-hybridized carbons (Fsp3) is 0.524. The van der Waals surface area contributed by atoms with Crippen LogP contribution in [0.2, 0.25) is 0 Å². The maximum atomic E-state index is 12.4. The molecule has 1 aromatic heterocycles. The van der Waals surface area contributed by atoms with E-state index in [1.165, 1.54) is 17.3 Å². The summed E-state index contributed by atoms with van der Waals surface area (Å²) in [7, 11) is 0. The van der Waals surface area contributed by atoms with Gasteiger partial charge in [-0.05, 0) is 17.9 Å². The molecule has 2 rings (SSSR count). The van der Waals surface area contributed by atoms with Crippen LogP contribution in [0.15, 0.2) is 35.5 Å². The van der Waals surface area contributed by atoms with Crippen LogP contribution in [0.1, 0.15) is 50.9 Å².